The van der Waals surface area contributed by atoms with Crippen LogP contribution in [0.4, 0.5) is 4.39 Å². The van der Waals surface area contributed by atoms with Gasteiger partial charge in [-0.1, -0.05) is 26.7 Å². The molecule has 0 bridgehead atoms. The molecule has 1 amide bonds. The molecule has 0 heterocycles. The Hall–Kier alpha value is -2.00. The normalized spacial score (nSPS) is 22.7. The van der Waals surface area contributed by atoms with E-state index in [2.05, 4.69) is 19.2 Å². The molecule has 0 aromatic heterocycles. The maximum atomic E-state index is 14.0. The molecule has 7 nitrogen and oxygen atoms in total. The fourth-order valence-corrected chi connectivity index (χ4v) is 4.20. The number of rotatable bonds is 6. The standard InChI is InChI=1S/C19H27FN2O5S/c1-12-6-5-7-17(13(12)2)21-18(23)11-27-19(24)15-10-14(8-9-16(15)20)28(25,26)22(3)4/h8-10,12-13,17H,5-7,11H2,1-4H3,(H,21,23)/t12-,13+,17+/m0/s1. The van der Waals surface area contributed by atoms with E-state index in [4.69, 9.17) is 4.74 Å². The minimum absolute atomic E-state index is 0.0141. The van der Waals surface area contributed by atoms with Crippen molar-refractivity contribution in [3.05, 3.63) is 29.6 Å². The van der Waals surface area contributed by atoms with Crippen LogP contribution in [-0.4, -0.2) is 51.3 Å². The highest BCUT2D eigenvalue weighted by Crippen LogP contribution is 2.29. The number of amides is 1. The molecule has 1 aromatic carbocycles. The lowest BCUT2D eigenvalue weighted by molar-refractivity contribution is -0.125. The Balaban J connectivity index is 2.02. The zero-order chi connectivity index (χ0) is 21.1. The van der Waals surface area contributed by atoms with Gasteiger partial charge in [-0.15, -0.1) is 0 Å². The zero-order valence-corrected chi connectivity index (χ0v) is 17.4. The van der Waals surface area contributed by atoms with E-state index in [1.54, 1.807) is 0 Å². The van der Waals surface area contributed by atoms with E-state index in [-0.39, 0.29) is 10.9 Å². The van der Waals surface area contributed by atoms with Crippen molar-refractivity contribution < 1.29 is 27.1 Å². The van der Waals surface area contributed by atoms with Crippen molar-refractivity contribution in [1.82, 2.24) is 9.62 Å². The van der Waals surface area contributed by atoms with Gasteiger partial charge < -0.3 is 10.1 Å². The SMILES string of the molecule is C[C@@H]1[C@@H](C)CCC[C@H]1NC(=O)COC(=O)c1cc(S(=O)(=O)N(C)C)ccc1F. The first-order chi connectivity index (χ1) is 13.0. The zero-order valence-electron chi connectivity index (χ0n) is 16.6. The fourth-order valence-electron chi connectivity index (χ4n) is 3.28. The molecule has 1 saturated carbocycles. The Morgan fingerprint density at radius 2 is 1.93 bits per heavy atom. The molecule has 0 unspecified atom stereocenters. The number of carbonyl (C=O) groups excluding carboxylic acids is 2. The van der Waals surface area contributed by atoms with E-state index in [9.17, 15) is 22.4 Å². The molecular formula is C19H27FN2O5S. The van der Waals surface area contributed by atoms with Crippen LogP contribution in [0.25, 0.3) is 0 Å². The van der Waals surface area contributed by atoms with E-state index >= 15 is 0 Å². The summed E-state index contributed by atoms with van der Waals surface area (Å²) in [7, 11) is -1.18. The predicted octanol–water partition coefficient (Wildman–Crippen LogP) is 2.17. The van der Waals surface area contributed by atoms with E-state index in [0.29, 0.717) is 11.8 Å². The van der Waals surface area contributed by atoms with Gasteiger partial charge in [0.15, 0.2) is 6.61 Å². The Morgan fingerprint density at radius 3 is 2.57 bits per heavy atom. The fraction of sp³-hybridized carbons (Fsp3) is 0.579. The number of halogens is 1. The number of nitrogens with zero attached hydrogens (tertiary/aromatic N) is 1. The summed E-state index contributed by atoms with van der Waals surface area (Å²) in [6.07, 6.45) is 3.01. The van der Waals surface area contributed by atoms with Crippen molar-refractivity contribution in [2.75, 3.05) is 20.7 Å². The number of hydrogen-bond donors (Lipinski definition) is 1. The Morgan fingerprint density at radius 1 is 1.25 bits per heavy atom. The van der Waals surface area contributed by atoms with Crippen LogP contribution < -0.4 is 5.32 Å². The van der Waals surface area contributed by atoms with Crippen molar-refractivity contribution in [2.45, 2.75) is 44.0 Å². The van der Waals surface area contributed by atoms with Crippen LogP contribution in [0.3, 0.4) is 0 Å². The summed E-state index contributed by atoms with van der Waals surface area (Å²) in [6.45, 7) is 3.66. The second kappa shape index (κ2) is 9.00. The monoisotopic (exact) mass is 414 g/mol. The number of ether oxygens (including phenoxy) is 1. The number of sulfonamides is 1. The molecule has 1 aliphatic rings. The molecule has 1 fully saturated rings. The quantitative estimate of drug-likeness (QED) is 0.720. The minimum Gasteiger partial charge on any atom is -0.452 e. The lowest BCUT2D eigenvalue weighted by Crippen LogP contribution is -2.45. The molecular weight excluding hydrogens is 387 g/mol. The van der Waals surface area contributed by atoms with Gasteiger partial charge in [0.05, 0.1) is 10.5 Å². The highest BCUT2D eigenvalue weighted by Gasteiger charge is 2.28. The first-order valence-electron chi connectivity index (χ1n) is 9.22. The second-order valence-electron chi connectivity index (χ2n) is 7.45. The number of hydrogen-bond acceptors (Lipinski definition) is 5. The van der Waals surface area contributed by atoms with E-state index in [1.807, 2.05) is 0 Å². The first kappa shape index (κ1) is 22.3. The smallest absolute Gasteiger partial charge is 0.341 e. The van der Waals surface area contributed by atoms with Crippen molar-refractivity contribution in [3.63, 3.8) is 0 Å². The highest BCUT2D eigenvalue weighted by molar-refractivity contribution is 7.89. The predicted molar refractivity (Wildman–Crippen MR) is 102 cm³/mol. The van der Waals surface area contributed by atoms with Gasteiger partial charge in [0.25, 0.3) is 5.91 Å². The third kappa shape index (κ3) is 5.08. The average molecular weight is 414 g/mol. The van der Waals surface area contributed by atoms with Crippen molar-refractivity contribution in [1.29, 1.82) is 0 Å². The molecule has 0 spiro atoms. The van der Waals surface area contributed by atoms with Gasteiger partial charge in [0, 0.05) is 20.1 Å². The molecule has 156 valence electrons. The Bertz CT molecular complexity index is 841. The summed E-state index contributed by atoms with van der Waals surface area (Å²) in [6, 6.07) is 2.88. The summed E-state index contributed by atoms with van der Waals surface area (Å²) in [5.74, 6) is -1.65. The molecule has 2 rings (SSSR count). The highest BCUT2D eigenvalue weighted by atomic mass is 32.2. The van der Waals surface area contributed by atoms with Gasteiger partial charge >= 0.3 is 5.97 Å². The molecule has 1 aliphatic carbocycles. The topological polar surface area (TPSA) is 92.8 Å². The van der Waals surface area contributed by atoms with Gasteiger partial charge in [0.1, 0.15) is 5.82 Å². The molecule has 3 atom stereocenters. The number of nitrogens with one attached hydrogen (secondary N) is 1. The summed E-state index contributed by atoms with van der Waals surface area (Å²) < 4.78 is 44.1. The molecule has 28 heavy (non-hydrogen) atoms. The Kier molecular flexibility index (Phi) is 7.16. The first-order valence-corrected chi connectivity index (χ1v) is 10.7. The van der Waals surface area contributed by atoms with Crippen molar-refractivity contribution in [2.24, 2.45) is 11.8 Å². The number of carbonyl (C=O) groups is 2. The van der Waals surface area contributed by atoms with Crippen LogP contribution in [0.5, 0.6) is 0 Å². The van der Waals surface area contributed by atoms with Gasteiger partial charge in [-0.3, -0.25) is 4.79 Å². The van der Waals surface area contributed by atoms with Gasteiger partial charge in [-0.2, -0.15) is 0 Å². The number of benzene rings is 1. The third-order valence-corrected chi connectivity index (χ3v) is 7.13. The average Bonchev–Trinajstić information content (AvgIpc) is 2.63. The maximum Gasteiger partial charge on any atom is 0.341 e. The van der Waals surface area contributed by atoms with Crippen LogP contribution >= 0.6 is 0 Å². The van der Waals surface area contributed by atoms with Crippen LogP contribution in [0, 0.1) is 17.7 Å². The van der Waals surface area contributed by atoms with Crippen LogP contribution in [-0.2, 0) is 19.6 Å². The van der Waals surface area contributed by atoms with Crippen molar-refractivity contribution in [3.8, 4) is 0 Å². The minimum atomic E-state index is -3.83. The lowest BCUT2D eigenvalue weighted by Gasteiger charge is -2.34. The van der Waals surface area contributed by atoms with E-state index in [1.165, 1.54) is 14.1 Å². The summed E-state index contributed by atoms with van der Waals surface area (Å²) in [4.78, 5) is 24.1. The van der Waals surface area contributed by atoms with Crippen LogP contribution in [0.1, 0.15) is 43.5 Å². The summed E-state index contributed by atoms with van der Waals surface area (Å²) in [5.41, 5.74) is -0.532. The van der Waals surface area contributed by atoms with Crippen LogP contribution in [0.15, 0.2) is 23.1 Å². The molecule has 0 saturated heterocycles. The Labute approximate surface area is 165 Å². The van der Waals surface area contributed by atoms with Crippen molar-refractivity contribution >= 4 is 21.9 Å². The maximum absolute atomic E-state index is 14.0. The summed E-state index contributed by atoms with van der Waals surface area (Å²) in [5, 5.41) is 2.86. The summed E-state index contributed by atoms with van der Waals surface area (Å²) >= 11 is 0. The molecule has 0 aliphatic heterocycles. The van der Waals surface area contributed by atoms with E-state index < -0.39 is 39.9 Å². The lowest BCUT2D eigenvalue weighted by atomic mass is 9.78. The van der Waals surface area contributed by atoms with Crippen LogP contribution in [0.2, 0.25) is 0 Å². The molecule has 1 N–H and O–H groups in total. The van der Waals surface area contributed by atoms with Gasteiger partial charge in [0.2, 0.25) is 10.0 Å². The molecule has 0 radical (unpaired) electrons. The third-order valence-electron chi connectivity index (χ3n) is 5.32. The molecule has 1 aromatic rings. The van der Waals surface area contributed by atoms with E-state index in [0.717, 1.165) is 41.8 Å². The van der Waals surface area contributed by atoms with Gasteiger partial charge in [-0.25, -0.2) is 21.9 Å². The number of esters is 1. The largest absolute Gasteiger partial charge is 0.452 e. The second-order valence-corrected chi connectivity index (χ2v) is 9.60. The molecule has 9 heteroatoms. The van der Waals surface area contributed by atoms with Gasteiger partial charge in [-0.05, 0) is 36.5 Å².